The zero-order valence-electron chi connectivity index (χ0n) is 16.6. The Morgan fingerprint density at radius 2 is 1.77 bits per heavy atom. The van der Waals surface area contributed by atoms with Crippen molar-refractivity contribution in [2.24, 2.45) is 5.92 Å². The molecule has 1 aliphatic rings. The molecule has 0 bridgehead atoms. The Balaban J connectivity index is 1.49. The van der Waals surface area contributed by atoms with E-state index in [-0.39, 0.29) is 30.9 Å². The summed E-state index contributed by atoms with van der Waals surface area (Å²) in [4.78, 5) is 25.8. The highest BCUT2D eigenvalue weighted by molar-refractivity contribution is 5.93. The van der Waals surface area contributed by atoms with Crippen molar-refractivity contribution in [2.75, 3.05) is 12.4 Å². The molecule has 3 amide bonds. The van der Waals surface area contributed by atoms with Crippen molar-refractivity contribution < 1.29 is 22.8 Å². The van der Waals surface area contributed by atoms with Gasteiger partial charge in [0, 0.05) is 31.7 Å². The van der Waals surface area contributed by atoms with Crippen LogP contribution in [0.1, 0.15) is 36.0 Å². The molecule has 0 radical (unpaired) electrons. The standard InChI is InChI=1S/C22H24F3N3O2/c1-28(14-15-8-10-18(11-9-15)22(23,24)25)21(30)26-13-16-4-2-7-19(12-16)27-20(29)17-5-3-6-17/h2,4,7-12,17H,3,5-6,13-14H2,1H3,(H,26,30)(H,27,29). The minimum Gasteiger partial charge on any atom is -0.334 e. The average molecular weight is 419 g/mol. The molecule has 1 saturated carbocycles. The summed E-state index contributed by atoms with van der Waals surface area (Å²) < 4.78 is 37.9. The molecule has 0 saturated heterocycles. The summed E-state index contributed by atoms with van der Waals surface area (Å²) in [6.07, 6.45) is -1.45. The Morgan fingerprint density at radius 3 is 2.37 bits per heavy atom. The van der Waals surface area contributed by atoms with Crippen molar-refractivity contribution in [2.45, 2.75) is 38.5 Å². The van der Waals surface area contributed by atoms with Gasteiger partial charge in [-0.1, -0.05) is 30.7 Å². The van der Waals surface area contributed by atoms with Crippen LogP contribution in [0.5, 0.6) is 0 Å². The molecule has 160 valence electrons. The van der Waals surface area contributed by atoms with Gasteiger partial charge in [-0.05, 0) is 48.2 Å². The molecule has 3 rings (SSSR count). The third kappa shape index (κ3) is 5.75. The number of carbonyl (C=O) groups is 2. The Morgan fingerprint density at radius 1 is 1.07 bits per heavy atom. The van der Waals surface area contributed by atoms with Crippen molar-refractivity contribution in [1.29, 1.82) is 0 Å². The predicted molar refractivity (Wildman–Crippen MR) is 108 cm³/mol. The zero-order chi connectivity index (χ0) is 21.7. The van der Waals surface area contributed by atoms with Crippen LogP contribution in [0.2, 0.25) is 0 Å². The number of benzene rings is 2. The molecule has 0 atom stereocenters. The van der Waals surface area contributed by atoms with Gasteiger partial charge in [-0.15, -0.1) is 0 Å². The summed E-state index contributed by atoms with van der Waals surface area (Å²) in [5.74, 6) is 0.117. The van der Waals surface area contributed by atoms with E-state index in [9.17, 15) is 22.8 Å². The first-order valence-electron chi connectivity index (χ1n) is 9.77. The number of anilines is 1. The summed E-state index contributed by atoms with van der Waals surface area (Å²) in [6.45, 7) is 0.449. The molecule has 0 heterocycles. The van der Waals surface area contributed by atoms with E-state index in [1.807, 2.05) is 18.2 Å². The number of nitrogens with zero attached hydrogens (tertiary/aromatic N) is 1. The topological polar surface area (TPSA) is 61.4 Å². The highest BCUT2D eigenvalue weighted by Gasteiger charge is 2.30. The van der Waals surface area contributed by atoms with Crippen molar-refractivity contribution in [3.05, 3.63) is 65.2 Å². The molecule has 0 unspecified atom stereocenters. The smallest absolute Gasteiger partial charge is 0.334 e. The Hall–Kier alpha value is -3.03. The fourth-order valence-electron chi connectivity index (χ4n) is 3.13. The van der Waals surface area contributed by atoms with E-state index in [0.717, 1.165) is 37.0 Å². The second-order valence-corrected chi connectivity index (χ2v) is 7.53. The number of nitrogens with one attached hydrogen (secondary N) is 2. The van der Waals surface area contributed by atoms with Crippen LogP contribution in [-0.2, 0) is 24.1 Å². The lowest BCUT2D eigenvalue weighted by atomic mass is 9.85. The van der Waals surface area contributed by atoms with Crippen LogP contribution in [0.25, 0.3) is 0 Å². The summed E-state index contributed by atoms with van der Waals surface area (Å²) in [7, 11) is 1.57. The molecule has 30 heavy (non-hydrogen) atoms. The first-order valence-corrected chi connectivity index (χ1v) is 9.77. The first kappa shape index (κ1) is 21.7. The summed E-state index contributed by atoms with van der Waals surface area (Å²) in [6, 6.07) is 11.7. The van der Waals surface area contributed by atoms with E-state index in [2.05, 4.69) is 10.6 Å². The average Bonchev–Trinajstić information content (AvgIpc) is 2.64. The van der Waals surface area contributed by atoms with E-state index < -0.39 is 11.7 Å². The maximum Gasteiger partial charge on any atom is 0.416 e. The van der Waals surface area contributed by atoms with Gasteiger partial charge in [0.1, 0.15) is 0 Å². The number of urea groups is 1. The zero-order valence-corrected chi connectivity index (χ0v) is 16.6. The van der Waals surface area contributed by atoms with Crippen molar-refractivity contribution >= 4 is 17.6 Å². The highest BCUT2D eigenvalue weighted by Crippen LogP contribution is 2.29. The molecular formula is C22H24F3N3O2. The second kappa shape index (κ2) is 9.19. The van der Waals surface area contributed by atoms with E-state index in [0.29, 0.717) is 11.3 Å². The number of alkyl halides is 3. The molecule has 5 nitrogen and oxygen atoms in total. The number of hydrogen-bond acceptors (Lipinski definition) is 2. The normalized spacial score (nSPS) is 14.0. The molecule has 0 aliphatic heterocycles. The van der Waals surface area contributed by atoms with Crippen LogP contribution in [0.3, 0.4) is 0 Å². The lowest BCUT2D eigenvalue weighted by Gasteiger charge is -2.24. The maximum absolute atomic E-state index is 12.6. The molecule has 0 spiro atoms. The van der Waals surface area contributed by atoms with Gasteiger partial charge in [0.25, 0.3) is 0 Å². The van der Waals surface area contributed by atoms with Crippen LogP contribution < -0.4 is 10.6 Å². The summed E-state index contributed by atoms with van der Waals surface area (Å²) >= 11 is 0. The number of amides is 3. The van der Waals surface area contributed by atoms with Gasteiger partial charge in [0.05, 0.1) is 5.56 Å². The molecule has 2 N–H and O–H groups in total. The van der Waals surface area contributed by atoms with Crippen molar-refractivity contribution in [1.82, 2.24) is 10.2 Å². The van der Waals surface area contributed by atoms with Crippen molar-refractivity contribution in [3.8, 4) is 0 Å². The van der Waals surface area contributed by atoms with Gasteiger partial charge in [0.15, 0.2) is 0 Å². The first-order chi connectivity index (χ1) is 14.2. The predicted octanol–water partition coefficient (Wildman–Crippen LogP) is 4.79. The van der Waals surface area contributed by atoms with Gasteiger partial charge in [-0.2, -0.15) is 13.2 Å². The Kier molecular flexibility index (Phi) is 6.64. The highest BCUT2D eigenvalue weighted by atomic mass is 19.4. The fraction of sp³-hybridized carbons (Fsp3) is 0.364. The summed E-state index contributed by atoms with van der Waals surface area (Å²) in [5.41, 5.74) is 1.40. The van der Waals surface area contributed by atoms with Crippen LogP contribution in [0.4, 0.5) is 23.7 Å². The Bertz CT molecular complexity index is 893. The van der Waals surface area contributed by atoms with E-state index >= 15 is 0 Å². The van der Waals surface area contributed by atoms with Crippen LogP contribution in [0, 0.1) is 5.92 Å². The molecule has 2 aromatic rings. The molecule has 2 aromatic carbocycles. The van der Waals surface area contributed by atoms with E-state index in [4.69, 9.17) is 0 Å². The Labute approximate surface area is 173 Å². The van der Waals surface area contributed by atoms with E-state index in [1.165, 1.54) is 17.0 Å². The van der Waals surface area contributed by atoms with Gasteiger partial charge < -0.3 is 15.5 Å². The fourth-order valence-corrected chi connectivity index (χ4v) is 3.13. The quantitative estimate of drug-likeness (QED) is 0.708. The largest absolute Gasteiger partial charge is 0.416 e. The van der Waals surface area contributed by atoms with Crippen LogP contribution >= 0.6 is 0 Å². The van der Waals surface area contributed by atoms with Gasteiger partial charge >= 0.3 is 12.2 Å². The van der Waals surface area contributed by atoms with E-state index in [1.54, 1.807) is 13.1 Å². The second-order valence-electron chi connectivity index (χ2n) is 7.53. The number of rotatable bonds is 6. The minimum atomic E-state index is -4.38. The van der Waals surface area contributed by atoms with Crippen molar-refractivity contribution in [3.63, 3.8) is 0 Å². The number of halogens is 3. The third-order valence-corrected chi connectivity index (χ3v) is 5.16. The maximum atomic E-state index is 12.6. The van der Waals surface area contributed by atoms with Gasteiger partial charge in [-0.25, -0.2) is 4.79 Å². The number of hydrogen-bond donors (Lipinski definition) is 2. The lowest BCUT2D eigenvalue weighted by Crippen LogP contribution is -2.36. The molecular weight excluding hydrogens is 395 g/mol. The number of carbonyl (C=O) groups excluding carboxylic acids is 2. The minimum absolute atomic E-state index is 0.0266. The SMILES string of the molecule is CN(Cc1ccc(C(F)(F)F)cc1)C(=O)NCc1cccc(NC(=O)C2CCC2)c1. The lowest BCUT2D eigenvalue weighted by molar-refractivity contribution is -0.137. The third-order valence-electron chi connectivity index (χ3n) is 5.16. The summed E-state index contributed by atoms with van der Waals surface area (Å²) in [5, 5.41) is 5.67. The van der Waals surface area contributed by atoms with Crippen LogP contribution in [-0.4, -0.2) is 23.9 Å². The molecule has 1 aliphatic carbocycles. The van der Waals surface area contributed by atoms with Gasteiger partial charge in [0.2, 0.25) is 5.91 Å². The van der Waals surface area contributed by atoms with Crippen LogP contribution in [0.15, 0.2) is 48.5 Å². The molecule has 8 heteroatoms. The van der Waals surface area contributed by atoms with Gasteiger partial charge in [-0.3, -0.25) is 4.79 Å². The molecule has 1 fully saturated rings. The monoisotopic (exact) mass is 419 g/mol. The molecule has 0 aromatic heterocycles.